The lowest BCUT2D eigenvalue weighted by Gasteiger charge is -2.10. The van der Waals surface area contributed by atoms with E-state index in [1.165, 1.54) is 12.3 Å². The Morgan fingerprint density at radius 3 is 2.74 bits per heavy atom. The maximum Gasteiger partial charge on any atom is 0.263 e. The molecular weight excluding hydrogens is 362 g/mol. The molecule has 3 heterocycles. The number of sulfonamides is 1. The number of fused-ring (bicyclic) bond motifs is 2. The summed E-state index contributed by atoms with van der Waals surface area (Å²) in [6.07, 6.45) is 6.37. The van der Waals surface area contributed by atoms with Gasteiger partial charge in [-0.05, 0) is 30.7 Å². The molecule has 7 nitrogen and oxygen atoms in total. The first kappa shape index (κ1) is 18.5. The smallest absolute Gasteiger partial charge is 0.263 e. The standard InChI is InChI=1S/C17H13N5O2S.C2H6/c1-11-2-4-14(17-16(11)12(8-18)9-20-17)21-25(23,24)13-3-5-15-19-6-7-22(15)10-13;1-2/h2-7,9-10,20-21H,1H3;1-2H3. The summed E-state index contributed by atoms with van der Waals surface area (Å²) >= 11 is 0. The molecule has 0 aliphatic carbocycles. The van der Waals surface area contributed by atoms with Crippen LogP contribution in [0.25, 0.3) is 16.6 Å². The molecule has 0 radical (unpaired) electrons. The third-order valence-corrected chi connectivity index (χ3v) is 5.43. The summed E-state index contributed by atoms with van der Waals surface area (Å²) in [5.41, 5.74) is 3.03. The number of benzene rings is 1. The number of anilines is 1. The Bertz CT molecular complexity index is 1260. The fraction of sp³-hybridized carbons (Fsp3) is 0.158. The Morgan fingerprint density at radius 2 is 2.00 bits per heavy atom. The van der Waals surface area contributed by atoms with Gasteiger partial charge in [-0.2, -0.15) is 5.26 Å². The maximum absolute atomic E-state index is 12.7. The quantitative estimate of drug-likeness (QED) is 0.563. The van der Waals surface area contributed by atoms with Crippen molar-refractivity contribution in [1.82, 2.24) is 14.4 Å². The molecule has 2 N–H and O–H groups in total. The highest BCUT2D eigenvalue weighted by Gasteiger charge is 2.18. The van der Waals surface area contributed by atoms with Gasteiger partial charge in [-0.1, -0.05) is 19.9 Å². The van der Waals surface area contributed by atoms with Crippen LogP contribution >= 0.6 is 0 Å². The Balaban J connectivity index is 0.00000102. The van der Waals surface area contributed by atoms with Crippen LogP contribution < -0.4 is 4.72 Å². The second kappa shape index (κ2) is 7.13. The van der Waals surface area contributed by atoms with Crippen molar-refractivity contribution in [3.8, 4) is 6.07 Å². The van der Waals surface area contributed by atoms with Crippen LogP contribution in [-0.4, -0.2) is 22.8 Å². The van der Waals surface area contributed by atoms with Crippen molar-refractivity contribution in [3.63, 3.8) is 0 Å². The van der Waals surface area contributed by atoms with Crippen molar-refractivity contribution >= 4 is 32.3 Å². The van der Waals surface area contributed by atoms with E-state index in [2.05, 4.69) is 20.8 Å². The van der Waals surface area contributed by atoms with Crippen molar-refractivity contribution in [2.24, 2.45) is 0 Å². The Morgan fingerprint density at radius 1 is 1.22 bits per heavy atom. The van der Waals surface area contributed by atoms with Gasteiger partial charge in [-0.3, -0.25) is 4.72 Å². The molecule has 0 bridgehead atoms. The van der Waals surface area contributed by atoms with E-state index in [-0.39, 0.29) is 4.90 Å². The SMILES string of the molecule is CC.Cc1ccc(NS(=O)(=O)c2ccc3nccn3c2)c2[nH]cc(C#N)c12. The molecule has 4 rings (SSSR count). The number of aromatic amines is 1. The monoisotopic (exact) mass is 381 g/mol. The summed E-state index contributed by atoms with van der Waals surface area (Å²) in [5, 5.41) is 9.93. The van der Waals surface area contributed by atoms with Gasteiger partial charge in [0.15, 0.2) is 0 Å². The van der Waals surface area contributed by atoms with Crippen LogP contribution in [0.1, 0.15) is 25.0 Å². The number of H-pyrrole nitrogens is 1. The number of hydrogen-bond acceptors (Lipinski definition) is 4. The molecule has 0 spiro atoms. The number of nitriles is 1. The predicted molar refractivity (Wildman–Crippen MR) is 105 cm³/mol. The Kier molecular flexibility index (Phi) is 4.88. The van der Waals surface area contributed by atoms with Crippen LogP contribution in [0, 0.1) is 18.3 Å². The number of imidazole rings is 1. The molecule has 0 fully saturated rings. The first-order valence-electron chi connectivity index (χ1n) is 8.46. The van der Waals surface area contributed by atoms with Gasteiger partial charge in [0, 0.05) is 30.2 Å². The van der Waals surface area contributed by atoms with Crippen molar-refractivity contribution in [1.29, 1.82) is 5.26 Å². The number of rotatable bonds is 3. The molecule has 0 aliphatic rings. The Hall–Kier alpha value is -3.31. The molecule has 0 amide bonds. The fourth-order valence-electron chi connectivity index (χ4n) is 2.86. The lowest BCUT2D eigenvalue weighted by molar-refractivity contribution is 0.600. The van der Waals surface area contributed by atoms with Crippen LogP contribution in [0.5, 0.6) is 0 Å². The second-order valence-corrected chi connectivity index (χ2v) is 7.34. The summed E-state index contributed by atoms with van der Waals surface area (Å²) in [4.78, 5) is 7.21. The minimum absolute atomic E-state index is 0.124. The van der Waals surface area contributed by atoms with Crippen LogP contribution in [0.4, 0.5) is 5.69 Å². The minimum atomic E-state index is -3.79. The van der Waals surface area contributed by atoms with Crippen LogP contribution in [-0.2, 0) is 10.0 Å². The highest BCUT2D eigenvalue weighted by atomic mass is 32.2. The third kappa shape index (κ3) is 3.25. The van der Waals surface area contributed by atoms with E-state index < -0.39 is 10.0 Å². The van der Waals surface area contributed by atoms with Crippen molar-refractivity contribution in [3.05, 3.63) is 60.2 Å². The third-order valence-electron chi connectivity index (χ3n) is 4.08. The first-order valence-corrected chi connectivity index (χ1v) is 9.94. The van der Waals surface area contributed by atoms with Crippen molar-refractivity contribution in [2.75, 3.05) is 4.72 Å². The normalized spacial score (nSPS) is 11.0. The lowest BCUT2D eigenvalue weighted by Crippen LogP contribution is -2.14. The molecule has 0 saturated heterocycles. The van der Waals surface area contributed by atoms with E-state index in [0.717, 1.165) is 5.56 Å². The van der Waals surface area contributed by atoms with Crippen molar-refractivity contribution in [2.45, 2.75) is 25.7 Å². The zero-order valence-corrected chi connectivity index (χ0v) is 16.0. The molecule has 0 atom stereocenters. The molecule has 0 saturated carbocycles. The van der Waals surface area contributed by atoms with Gasteiger partial charge in [0.2, 0.25) is 0 Å². The van der Waals surface area contributed by atoms with Crippen molar-refractivity contribution < 1.29 is 8.42 Å². The van der Waals surface area contributed by atoms with E-state index in [0.29, 0.717) is 27.8 Å². The molecule has 0 aliphatic heterocycles. The van der Waals surface area contributed by atoms with E-state index in [4.69, 9.17) is 0 Å². The number of nitrogens with zero attached hydrogens (tertiary/aromatic N) is 3. The largest absolute Gasteiger partial charge is 0.358 e. The van der Waals surface area contributed by atoms with Gasteiger partial charge in [-0.15, -0.1) is 0 Å². The fourth-order valence-corrected chi connectivity index (χ4v) is 3.93. The number of aromatic nitrogens is 3. The zero-order valence-electron chi connectivity index (χ0n) is 15.2. The molecule has 0 unspecified atom stereocenters. The average Bonchev–Trinajstić information content (AvgIpc) is 3.32. The van der Waals surface area contributed by atoms with Gasteiger partial charge in [0.25, 0.3) is 10.0 Å². The van der Waals surface area contributed by atoms with E-state index in [1.807, 2.05) is 20.8 Å². The molecule has 3 aromatic heterocycles. The highest BCUT2D eigenvalue weighted by Crippen LogP contribution is 2.29. The van der Waals surface area contributed by atoms with E-state index in [9.17, 15) is 13.7 Å². The molecule has 138 valence electrons. The molecule has 1 aromatic carbocycles. The van der Waals surface area contributed by atoms with Gasteiger partial charge in [-0.25, -0.2) is 13.4 Å². The summed E-state index contributed by atoms with van der Waals surface area (Å²) in [7, 11) is -3.79. The zero-order chi connectivity index (χ0) is 19.6. The summed E-state index contributed by atoms with van der Waals surface area (Å²) in [5.74, 6) is 0. The molecule has 4 aromatic rings. The lowest BCUT2D eigenvalue weighted by atomic mass is 10.1. The van der Waals surface area contributed by atoms with Crippen LogP contribution in [0.3, 0.4) is 0 Å². The van der Waals surface area contributed by atoms with Gasteiger partial charge in [0.1, 0.15) is 16.6 Å². The van der Waals surface area contributed by atoms with E-state index in [1.54, 1.807) is 41.2 Å². The molecule has 27 heavy (non-hydrogen) atoms. The van der Waals surface area contributed by atoms with Gasteiger partial charge < -0.3 is 9.38 Å². The predicted octanol–water partition coefficient (Wildman–Crippen LogP) is 3.82. The highest BCUT2D eigenvalue weighted by molar-refractivity contribution is 7.92. The van der Waals surface area contributed by atoms with Gasteiger partial charge in [0.05, 0.1) is 16.8 Å². The van der Waals surface area contributed by atoms with Crippen LogP contribution in [0.2, 0.25) is 0 Å². The molecule has 8 heteroatoms. The number of pyridine rings is 1. The van der Waals surface area contributed by atoms with Gasteiger partial charge >= 0.3 is 0 Å². The Labute approximate surface area is 157 Å². The molecular formula is C19H19N5O2S. The summed E-state index contributed by atoms with van der Waals surface area (Å²) < 4.78 is 29.7. The van der Waals surface area contributed by atoms with E-state index >= 15 is 0 Å². The summed E-state index contributed by atoms with van der Waals surface area (Å²) in [6, 6.07) is 8.73. The second-order valence-electron chi connectivity index (χ2n) is 5.66. The average molecular weight is 381 g/mol. The number of aryl methyl sites for hydroxylation is 1. The maximum atomic E-state index is 12.7. The van der Waals surface area contributed by atoms with Crippen LogP contribution in [0.15, 0.2) is 53.9 Å². The topological polar surface area (TPSA) is 103 Å². The summed E-state index contributed by atoms with van der Waals surface area (Å²) in [6.45, 7) is 5.88. The first-order chi connectivity index (χ1) is 13.0. The number of hydrogen-bond donors (Lipinski definition) is 2. The minimum Gasteiger partial charge on any atom is -0.358 e. The number of nitrogens with one attached hydrogen (secondary N) is 2.